The molecule has 0 unspecified atom stereocenters. The van der Waals surface area contributed by atoms with Gasteiger partial charge in [0.2, 0.25) is 0 Å². The molecule has 28 heavy (non-hydrogen) atoms. The minimum absolute atomic E-state index is 0.266. The van der Waals surface area contributed by atoms with Crippen molar-refractivity contribution in [2.45, 2.75) is 13.5 Å². The number of hydrogen-bond donors (Lipinski definition) is 1. The van der Waals surface area contributed by atoms with Crippen molar-refractivity contribution in [1.29, 1.82) is 0 Å². The van der Waals surface area contributed by atoms with E-state index in [2.05, 4.69) is 5.32 Å². The summed E-state index contributed by atoms with van der Waals surface area (Å²) in [6.07, 6.45) is 0. The summed E-state index contributed by atoms with van der Waals surface area (Å²) in [5.41, 5.74) is 2.85. The number of ether oxygens (including phenoxy) is 2. The maximum Gasteiger partial charge on any atom is 0.255 e. The normalized spacial score (nSPS) is 10.4. The summed E-state index contributed by atoms with van der Waals surface area (Å²) in [6, 6.07) is 17.9. The number of hydrogen-bond acceptors (Lipinski definition) is 3. The minimum atomic E-state index is -0.266. The Morgan fingerprint density at radius 1 is 0.964 bits per heavy atom. The number of rotatable bonds is 6. The molecule has 0 radical (unpaired) electrons. The SMILES string of the molecule is COc1ccc(C(=O)Nc2ccc(Cl)c(Cl)c2)cc1COc1ccccc1C. The van der Waals surface area contributed by atoms with Gasteiger partial charge in [0.25, 0.3) is 5.91 Å². The molecule has 0 saturated carbocycles. The molecule has 0 atom stereocenters. The van der Waals surface area contributed by atoms with E-state index in [9.17, 15) is 4.79 Å². The van der Waals surface area contributed by atoms with Crippen molar-refractivity contribution in [2.24, 2.45) is 0 Å². The summed E-state index contributed by atoms with van der Waals surface area (Å²) >= 11 is 11.9. The molecule has 0 aliphatic rings. The van der Waals surface area contributed by atoms with Gasteiger partial charge in [-0.2, -0.15) is 0 Å². The molecule has 0 saturated heterocycles. The van der Waals surface area contributed by atoms with Crippen LogP contribution in [0.25, 0.3) is 0 Å². The van der Waals surface area contributed by atoms with Crippen LogP contribution in [-0.4, -0.2) is 13.0 Å². The average molecular weight is 416 g/mol. The van der Waals surface area contributed by atoms with Gasteiger partial charge < -0.3 is 14.8 Å². The number of carbonyl (C=O) groups is 1. The van der Waals surface area contributed by atoms with Crippen LogP contribution in [0, 0.1) is 6.92 Å². The lowest BCUT2D eigenvalue weighted by Crippen LogP contribution is -2.13. The zero-order chi connectivity index (χ0) is 20.1. The highest BCUT2D eigenvalue weighted by atomic mass is 35.5. The summed E-state index contributed by atoms with van der Waals surface area (Å²) < 4.78 is 11.3. The molecule has 0 fully saturated rings. The van der Waals surface area contributed by atoms with E-state index < -0.39 is 0 Å². The highest BCUT2D eigenvalue weighted by molar-refractivity contribution is 6.42. The van der Waals surface area contributed by atoms with Crippen LogP contribution in [-0.2, 0) is 6.61 Å². The van der Waals surface area contributed by atoms with E-state index in [0.717, 1.165) is 16.9 Å². The Hall–Kier alpha value is -2.69. The number of methoxy groups -OCH3 is 1. The van der Waals surface area contributed by atoms with E-state index in [4.69, 9.17) is 32.7 Å². The Balaban J connectivity index is 1.78. The summed E-state index contributed by atoms with van der Waals surface area (Å²) in [5.74, 6) is 1.17. The number of para-hydroxylation sites is 1. The predicted octanol–water partition coefficient (Wildman–Crippen LogP) is 6.14. The molecular formula is C22H19Cl2NO3. The van der Waals surface area contributed by atoms with Crippen LogP contribution in [0.1, 0.15) is 21.5 Å². The first-order chi connectivity index (χ1) is 13.5. The number of halogens is 2. The lowest BCUT2D eigenvalue weighted by atomic mass is 10.1. The molecule has 0 aliphatic carbocycles. The molecule has 4 nitrogen and oxygen atoms in total. The van der Waals surface area contributed by atoms with Gasteiger partial charge in [0.15, 0.2) is 0 Å². The third-order valence-corrected chi connectivity index (χ3v) is 4.94. The highest BCUT2D eigenvalue weighted by Crippen LogP contribution is 2.27. The molecule has 3 rings (SSSR count). The summed E-state index contributed by atoms with van der Waals surface area (Å²) in [5, 5.41) is 3.62. The molecular weight excluding hydrogens is 397 g/mol. The second kappa shape index (κ2) is 9.00. The first kappa shape index (κ1) is 20.1. The van der Waals surface area contributed by atoms with Crippen molar-refractivity contribution in [1.82, 2.24) is 0 Å². The van der Waals surface area contributed by atoms with Crippen LogP contribution in [0.15, 0.2) is 60.7 Å². The molecule has 0 bridgehead atoms. The highest BCUT2D eigenvalue weighted by Gasteiger charge is 2.12. The van der Waals surface area contributed by atoms with E-state index in [-0.39, 0.29) is 12.5 Å². The molecule has 1 N–H and O–H groups in total. The molecule has 3 aromatic carbocycles. The molecule has 3 aromatic rings. The third kappa shape index (κ3) is 4.77. The van der Waals surface area contributed by atoms with Crippen LogP contribution >= 0.6 is 23.2 Å². The van der Waals surface area contributed by atoms with Gasteiger partial charge in [-0.05, 0) is 55.0 Å². The molecule has 0 spiro atoms. The van der Waals surface area contributed by atoms with Crippen LogP contribution in [0.4, 0.5) is 5.69 Å². The van der Waals surface area contributed by atoms with Crippen LogP contribution < -0.4 is 14.8 Å². The van der Waals surface area contributed by atoms with Gasteiger partial charge in [0, 0.05) is 16.8 Å². The standard InChI is InChI=1S/C22H19Cl2NO3/c1-14-5-3-4-6-20(14)28-13-16-11-15(7-10-21(16)27-2)22(26)25-17-8-9-18(23)19(24)12-17/h3-12H,13H2,1-2H3,(H,25,26). The van der Waals surface area contributed by atoms with Crippen molar-refractivity contribution in [3.8, 4) is 11.5 Å². The van der Waals surface area contributed by atoms with E-state index in [1.165, 1.54) is 0 Å². The smallest absolute Gasteiger partial charge is 0.255 e. The average Bonchev–Trinajstić information content (AvgIpc) is 2.70. The van der Waals surface area contributed by atoms with Gasteiger partial charge in [0.1, 0.15) is 18.1 Å². The number of amides is 1. The van der Waals surface area contributed by atoms with Crippen molar-refractivity contribution in [3.63, 3.8) is 0 Å². The van der Waals surface area contributed by atoms with Crippen LogP contribution in [0.3, 0.4) is 0 Å². The van der Waals surface area contributed by atoms with Crippen molar-refractivity contribution in [3.05, 3.63) is 87.4 Å². The van der Waals surface area contributed by atoms with Gasteiger partial charge in [-0.1, -0.05) is 41.4 Å². The van der Waals surface area contributed by atoms with E-state index in [1.807, 2.05) is 31.2 Å². The first-order valence-electron chi connectivity index (χ1n) is 8.59. The van der Waals surface area contributed by atoms with Gasteiger partial charge in [-0.15, -0.1) is 0 Å². The van der Waals surface area contributed by atoms with Gasteiger partial charge in [-0.25, -0.2) is 0 Å². The van der Waals surface area contributed by atoms with Gasteiger partial charge >= 0.3 is 0 Å². The molecule has 144 valence electrons. The monoisotopic (exact) mass is 415 g/mol. The Morgan fingerprint density at radius 2 is 1.75 bits per heavy atom. The Morgan fingerprint density at radius 3 is 2.46 bits per heavy atom. The zero-order valence-corrected chi connectivity index (χ0v) is 17.0. The molecule has 0 aliphatic heterocycles. The maximum absolute atomic E-state index is 12.6. The van der Waals surface area contributed by atoms with Crippen LogP contribution in [0.2, 0.25) is 10.0 Å². The minimum Gasteiger partial charge on any atom is -0.496 e. The number of anilines is 1. The van der Waals surface area contributed by atoms with Crippen molar-refractivity contribution < 1.29 is 14.3 Å². The third-order valence-electron chi connectivity index (χ3n) is 4.20. The zero-order valence-electron chi connectivity index (χ0n) is 15.5. The molecule has 0 aromatic heterocycles. The summed E-state index contributed by atoms with van der Waals surface area (Å²) in [6.45, 7) is 2.26. The molecule has 1 amide bonds. The Kier molecular flexibility index (Phi) is 6.45. The van der Waals surface area contributed by atoms with Crippen molar-refractivity contribution in [2.75, 3.05) is 12.4 Å². The lowest BCUT2D eigenvalue weighted by Gasteiger charge is -2.13. The topological polar surface area (TPSA) is 47.6 Å². The number of aryl methyl sites for hydroxylation is 1. The second-order valence-corrected chi connectivity index (χ2v) is 6.98. The Labute approximate surface area is 174 Å². The molecule has 6 heteroatoms. The van der Waals surface area contributed by atoms with E-state index >= 15 is 0 Å². The van der Waals surface area contributed by atoms with Crippen molar-refractivity contribution >= 4 is 34.8 Å². The molecule has 0 heterocycles. The summed E-state index contributed by atoms with van der Waals surface area (Å²) in [7, 11) is 1.59. The van der Waals surface area contributed by atoms with Crippen LogP contribution in [0.5, 0.6) is 11.5 Å². The first-order valence-corrected chi connectivity index (χ1v) is 9.35. The quantitative estimate of drug-likeness (QED) is 0.525. The van der Waals surface area contributed by atoms with Gasteiger partial charge in [0.05, 0.1) is 17.2 Å². The number of nitrogens with one attached hydrogen (secondary N) is 1. The van der Waals surface area contributed by atoms with E-state index in [1.54, 1.807) is 43.5 Å². The summed E-state index contributed by atoms with van der Waals surface area (Å²) in [4.78, 5) is 12.6. The largest absolute Gasteiger partial charge is 0.496 e. The fourth-order valence-electron chi connectivity index (χ4n) is 2.68. The Bertz CT molecular complexity index is 1000. The predicted molar refractivity (Wildman–Crippen MR) is 113 cm³/mol. The fraction of sp³-hybridized carbons (Fsp3) is 0.136. The second-order valence-electron chi connectivity index (χ2n) is 6.16. The number of benzene rings is 3. The number of carbonyl (C=O) groups excluding carboxylic acids is 1. The maximum atomic E-state index is 12.6. The lowest BCUT2D eigenvalue weighted by molar-refractivity contribution is 0.102. The fourth-order valence-corrected chi connectivity index (χ4v) is 2.98. The van der Waals surface area contributed by atoms with E-state index in [0.29, 0.717) is 27.0 Å². The van der Waals surface area contributed by atoms with Gasteiger partial charge in [-0.3, -0.25) is 4.79 Å².